The molecule has 24 heavy (non-hydrogen) atoms. The predicted octanol–water partition coefficient (Wildman–Crippen LogP) is 5.25. The van der Waals surface area contributed by atoms with Gasteiger partial charge in [-0.25, -0.2) is 4.79 Å². The van der Waals surface area contributed by atoms with E-state index in [0.29, 0.717) is 19.1 Å². The molecule has 0 aliphatic heterocycles. The summed E-state index contributed by atoms with van der Waals surface area (Å²) in [5, 5.41) is 0. The SMILES string of the molecule is CCCCC(OCC=CC(=O)OCC)c1ccc(CC(C)C)cc1. The fraction of sp³-hybridized carbons (Fsp3) is 0.571. The summed E-state index contributed by atoms with van der Waals surface area (Å²) < 4.78 is 10.8. The first-order valence-electron chi connectivity index (χ1n) is 9.10. The number of hydrogen-bond donors (Lipinski definition) is 0. The Morgan fingerprint density at radius 2 is 1.88 bits per heavy atom. The molecule has 1 aromatic carbocycles. The second kappa shape index (κ2) is 11.9. The molecule has 1 unspecified atom stereocenters. The average molecular weight is 332 g/mol. The number of benzene rings is 1. The molecule has 3 nitrogen and oxygen atoms in total. The Morgan fingerprint density at radius 1 is 1.17 bits per heavy atom. The monoisotopic (exact) mass is 332 g/mol. The molecule has 0 N–H and O–H groups in total. The summed E-state index contributed by atoms with van der Waals surface area (Å²) >= 11 is 0. The average Bonchev–Trinajstić information content (AvgIpc) is 2.55. The topological polar surface area (TPSA) is 35.5 Å². The van der Waals surface area contributed by atoms with Crippen molar-refractivity contribution >= 4 is 5.97 Å². The quantitative estimate of drug-likeness (QED) is 0.410. The maximum Gasteiger partial charge on any atom is 0.330 e. The van der Waals surface area contributed by atoms with Gasteiger partial charge >= 0.3 is 5.97 Å². The Kier molecular flexibility index (Phi) is 10.1. The van der Waals surface area contributed by atoms with Crippen LogP contribution in [-0.4, -0.2) is 19.2 Å². The molecule has 134 valence electrons. The second-order valence-corrected chi connectivity index (χ2v) is 6.46. The predicted molar refractivity (Wildman–Crippen MR) is 99.0 cm³/mol. The highest BCUT2D eigenvalue weighted by atomic mass is 16.5. The minimum atomic E-state index is -0.316. The van der Waals surface area contributed by atoms with E-state index in [0.717, 1.165) is 25.7 Å². The maximum absolute atomic E-state index is 11.3. The lowest BCUT2D eigenvalue weighted by atomic mass is 9.98. The van der Waals surface area contributed by atoms with Gasteiger partial charge in [-0.3, -0.25) is 0 Å². The minimum Gasteiger partial charge on any atom is -0.463 e. The first-order valence-corrected chi connectivity index (χ1v) is 9.10. The van der Waals surface area contributed by atoms with Crippen molar-refractivity contribution in [1.29, 1.82) is 0 Å². The molecule has 0 radical (unpaired) electrons. The zero-order valence-electron chi connectivity index (χ0n) is 15.6. The van der Waals surface area contributed by atoms with Gasteiger partial charge in [-0.2, -0.15) is 0 Å². The van der Waals surface area contributed by atoms with Gasteiger partial charge in [0.25, 0.3) is 0 Å². The molecular formula is C21H32O3. The number of rotatable bonds is 11. The molecule has 0 aliphatic carbocycles. The van der Waals surface area contributed by atoms with E-state index in [-0.39, 0.29) is 12.1 Å². The molecule has 1 atom stereocenters. The van der Waals surface area contributed by atoms with Gasteiger partial charge in [-0.1, -0.05) is 64.0 Å². The van der Waals surface area contributed by atoms with Crippen LogP contribution in [0.25, 0.3) is 0 Å². The largest absolute Gasteiger partial charge is 0.463 e. The van der Waals surface area contributed by atoms with Crippen molar-refractivity contribution < 1.29 is 14.3 Å². The summed E-state index contributed by atoms with van der Waals surface area (Å²) in [6.07, 6.45) is 7.60. The van der Waals surface area contributed by atoms with E-state index >= 15 is 0 Å². The van der Waals surface area contributed by atoms with Crippen molar-refractivity contribution in [3.63, 3.8) is 0 Å². The van der Waals surface area contributed by atoms with Crippen molar-refractivity contribution in [2.45, 2.75) is 59.5 Å². The molecule has 0 fully saturated rings. The van der Waals surface area contributed by atoms with Crippen molar-refractivity contribution in [3.05, 3.63) is 47.5 Å². The molecule has 0 saturated heterocycles. The molecule has 0 bridgehead atoms. The standard InChI is InChI=1S/C21H32O3/c1-5-7-9-20(24-15-8-10-21(22)23-6-2)19-13-11-18(12-14-19)16-17(3)4/h8,10-14,17,20H,5-7,9,15-16H2,1-4H3. The van der Waals surface area contributed by atoms with Crippen LogP contribution in [0.15, 0.2) is 36.4 Å². The number of ether oxygens (including phenoxy) is 2. The number of hydrogen-bond acceptors (Lipinski definition) is 3. The van der Waals surface area contributed by atoms with Gasteiger partial charge < -0.3 is 9.47 Å². The highest BCUT2D eigenvalue weighted by Crippen LogP contribution is 2.24. The van der Waals surface area contributed by atoms with Crippen LogP contribution < -0.4 is 0 Å². The lowest BCUT2D eigenvalue weighted by molar-refractivity contribution is -0.137. The Morgan fingerprint density at radius 3 is 2.46 bits per heavy atom. The maximum atomic E-state index is 11.3. The fourth-order valence-corrected chi connectivity index (χ4v) is 2.58. The summed E-state index contributed by atoms with van der Waals surface area (Å²) in [5.41, 5.74) is 2.57. The molecule has 1 rings (SSSR count). The number of carbonyl (C=O) groups is 1. The highest BCUT2D eigenvalue weighted by molar-refractivity contribution is 5.81. The lowest BCUT2D eigenvalue weighted by Crippen LogP contribution is -2.06. The van der Waals surface area contributed by atoms with Gasteiger partial charge in [0.15, 0.2) is 0 Å². The minimum absolute atomic E-state index is 0.0740. The van der Waals surface area contributed by atoms with Gasteiger partial charge in [0.1, 0.15) is 0 Å². The van der Waals surface area contributed by atoms with Crippen LogP contribution in [0.4, 0.5) is 0 Å². The third kappa shape index (κ3) is 8.30. The Hall–Kier alpha value is -1.61. The Bertz CT molecular complexity index is 488. The molecule has 0 saturated carbocycles. The third-order valence-corrected chi connectivity index (χ3v) is 3.75. The van der Waals surface area contributed by atoms with Crippen LogP contribution in [0.1, 0.15) is 64.2 Å². The van der Waals surface area contributed by atoms with Crippen LogP contribution in [-0.2, 0) is 20.7 Å². The van der Waals surface area contributed by atoms with E-state index in [1.807, 2.05) is 0 Å². The van der Waals surface area contributed by atoms with E-state index in [1.54, 1.807) is 13.0 Å². The summed E-state index contributed by atoms with van der Waals surface area (Å²) in [5.74, 6) is 0.347. The van der Waals surface area contributed by atoms with Crippen molar-refractivity contribution in [1.82, 2.24) is 0 Å². The molecule has 0 spiro atoms. The van der Waals surface area contributed by atoms with E-state index < -0.39 is 0 Å². The molecule has 0 aliphatic rings. The van der Waals surface area contributed by atoms with Crippen LogP contribution in [0.2, 0.25) is 0 Å². The van der Waals surface area contributed by atoms with Crippen LogP contribution >= 0.6 is 0 Å². The molecule has 0 amide bonds. The molecular weight excluding hydrogens is 300 g/mol. The normalized spacial score (nSPS) is 12.7. The lowest BCUT2D eigenvalue weighted by Gasteiger charge is -2.18. The van der Waals surface area contributed by atoms with Crippen LogP contribution in [0.5, 0.6) is 0 Å². The molecule has 0 heterocycles. The van der Waals surface area contributed by atoms with Gasteiger partial charge in [-0.15, -0.1) is 0 Å². The second-order valence-electron chi connectivity index (χ2n) is 6.46. The van der Waals surface area contributed by atoms with Crippen molar-refractivity contribution in [3.8, 4) is 0 Å². The molecule has 0 aromatic heterocycles. The summed E-state index contributed by atoms with van der Waals surface area (Å²) in [7, 11) is 0. The molecule has 1 aromatic rings. The third-order valence-electron chi connectivity index (χ3n) is 3.75. The summed E-state index contributed by atoms with van der Waals surface area (Å²) in [4.78, 5) is 11.3. The van der Waals surface area contributed by atoms with E-state index in [4.69, 9.17) is 9.47 Å². The Labute approximate surface area is 147 Å². The van der Waals surface area contributed by atoms with Crippen LogP contribution in [0.3, 0.4) is 0 Å². The van der Waals surface area contributed by atoms with Gasteiger partial charge in [0.2, 0.25) is 0 Å². The van der Waals surface area contributed by atoms with E-state index in [1.165, 1.54) is 17.2 Å². The zero-order chi connectivity index (χ0) is 17.8. The Balaban J connectivity index is 2.62. The van der Waals surface area contributed by atoms with Crippen molar-refractivity contribution in [2.75, 3.05) is 13.2 Å². The van der Waals surface area contributed by atoms with Crippen LogP contribution in [0, 0.1) is 5.92 Å². The smallest absolute Gasteiger partial charge is 0.330 e. The number of esters is 1. The first-order chi connectivity index (χ1) is 11.6. The summed E-state index contributed by atoms with van der Waals surface area (Å²) in [6.45, 7) is 9.26. The summed E-state index contributed by atoms with van der Waals surface area (Å²) in [6, 6.07) is 8.75. The highest BCUT2D eigenvalue weighted by Gasteiger charge is 2.11. The van der Waals surface area contributed by atoms with E-state index in [2.05, 4.69) is 45.0 Å². The zero-order valence-corrected chi connectivity index (χ0v) is 15.6. The van der Waals surface area contributed by atoms with E-state index in [9.17, 15) is 4.79 Å². The number of carbonyl (C=O) groups excluding carboxylic acids is 1. The number of unbranched alkanes of at least 4 members (excludes halogenated alkanes) is 1. The van der Waals surface area contributed by atoms with Crippen molar-refractivity contribution in [2.24, 2.45) is 5.92 Å². The molecule has 3 heteroatoms. The van der Waals surface area contributed by atoms with Gasteiger partial charge in [0.05, 0.1) is 19.3 Å². The van der Waals surface area contributed by atoms with Gasteiger partial charge in [-0.05, 0) is 36.8 Å². The fourth-order valence-electron chi connectivity index (χ4n) is 2.58. The first kappa shape index (κ1) is 20.4. The van der Waals surface area contributed by atoms with Gasteiger partial charge in [0, 0.05) is 6.08 Å².